The molecule has 1 atom stereocenters. The van der Waals surface area contributed by atoms with Crippen LogP contribution >= 0.6 is 0 Å². The fourth-order valence-electron chi connectivity index (χ4n) is 1.77. The minimum atomic E-state index is 0.348. The van der Waals surface area contributed by atoms with Gasteiger partial charge in [0.15, 0.2) is 0 Å². The van der Waals surface area contributed by atoms with Gasteiger partial charge in [0.2, 0.25) is 0 Å². The molecule has 0 aliphatic carbocycles. The molecule has 1 unspecified atom stereocenters. The molecule has 1 heterocycles. The Hall–Kier alpha value is -1.57. The van der Waals surface area contributed by atoms with E-state index in [1.165, 1.54) is 5.56 Å². The summed E-state index contributed by atoms with van der Waals surface area (Å²) in [6.07, 6.45) is 4.06. The van der Waals surface area contributed by atoms with Crippen molar-refractivity contribution in [2.75, 3.05) is 0 Å². The van der Waals surface area contributed by atoms with E-state index in [0.717, 1.165) is 5.69 Å². The first-order valence-electron chi connectivity index (χ1n) is 5.77. The smallest absolute Gasteiger partial charge is 0.0955 e. The zero-order valence-electron chi connectivity index (χ0n) is 10.1. The molecular formula is C14H18N2. The van der Waals surface area contributed by atoms with Crippen LogP contribution < -0.4 is 0 Å². The zero-order chi connectivity index (χ0) is 11.5. The van der Waals surface area contributed by atoms with Crippen LogP contribution in [0.15, 0.2) is 42.9 Å². The highest BCUT2D eigenvalue weighted by Gasteiger charge is 2.09. The Labute approximate surface area is 97.0 Å². The highest BCUT2D eigenvalue weighted by Crippen LogP contribution is 2.19. The molecule has 0 N–H and O–H groups in total. The number of benzene rings is 1. The summed E-state index contributed by atoms with van der Waals surface area (Å²) in [5, 5.41) is 0. The second-order valence-corrected chi connectivity index (χ2v) is 4.49. The number of imidazole rings is 1. The first kappa shape index (κ1) is 10.9. The van der Waals surface area contributed by atoms with Gasteiger partial charge in [0.25, 0.3) is 0 Å². The van der Waals surface area contributed by atoms with E-state index in [-0.39, 0.29) is 0 Å². The topological polar surface area (TPSA) is 17.8 Å². The van der Waals surface area contributed by atoms with Gasteiger partial charge in [-0.05, 0) is 18.4 Å². The fourth-order valence-corrected chi connectivity index (χ4v) is 1.77. The van der Waals surface area contributed by atoms with Gasteiger partial charge in [0.05, 0.1) is 18.1 Å². The standard InChI is InChI=1S/C14H18N2/c1-11(2)14-9-16(10-15-14)12(3)13-7-5-4-6-8-13/h4-12H,1-3H3. The number of aromatic nitrogens is 2. The van der Waals surface area contributed by atoms with E-state index in [1.54, 1.807) is 0 Å². The third-order valence-corrected chi connectivity index (χ3v) is 2.94. The normalized spacial score (nSPS) is 13.0. The van der Waals surface area contributed by atoms with E-state index < -0.39 is 0 Å². The molecule has 0 radical (unpaired) electrons. The summed E-state index contributed by atoms with van der Waals surface area (Å²) in [5.41, 5.74) is 2.47. The number of nitrogens with zero attached hydrogens (tertiary/aromatic N) is 2. The average molecular weight is 214 g/mol. The van der Waals surface area contributed by atoms with Gasteiger partial charge < -0.3 is 4.57 Å². The van der Waals surface area contributed by atoms with Crippen molar-refractivity contribution in [1.82, 2.24) is 9.55 Å². The summed E-state index contributed by atoms with van der Waals surface area (Å²) in [7, 11) is 0. The Morgan fingerprint density at radius 2 is 1.75 bits per heavy atom. The Morgan fingerprint density at radius 3 is 2.31 bits per heavy atom. The lowest BCUT2D eigenvalue weighted by Gasteiger charge is -2.13. The van der Waals surface area contributed by atoms with Gasteiger partial charge in [-0.25, -0.2) is 4.98 Å². The summed E-state index contributed by atoms with van der Waals surface area (Å²) in [6.45, 7) is 6.53. The van der Waals surface area contributed by atoms with Crippen LogP contribution in [0.2, 0.25) is 0 Å². The van der Waals surface area contributed by atoms with Crippen molar-refractivity contribution in [2.24, 2.45) is 0 Å². The summed E-state index contributed by atoms with van der Waals surface area (Å²) in [4.78, 5) is 4.43. The molecule has 2 heteroatoms. The van der Waals surface area contributed by atoms with Crippen LogP contribution in [0.25, 0.3) is 0 Å². The van der Waals surface area contributed by atoms with Gasteiger partial charge in [-0.2, -0.15) is 0 Å². The van der Waals surface area contributed by atoms with E-state index in [4.69, 9.17) is 0 Å². The van der Waals surface area contributed by atoms with E-state index in [1.807, 2.05) is 12.4 Å². The van der Waals surface area contributed by atoms with Crippen LogP contribution in [0.4, 0.5) is 0 Å². The molecule has 0 aliphatic rings. The molecule has 0 fully saturated rings. The van der Waals surface area contributed by atoms with Crippen molar-refractivity contribution < 1.29 is 0 Å². The van der Waals surface area contributed by atoms with Crippen LogP contribution in [0, 0.1) is 0 Å². The third kappa shape index (κ3) is 2.16. The van der Waals surface area contributed by atoms with Gasteiger partial charge in [-0.3, -0.25) is 0 Å². The van der Waals surface area contributed by atoms with Crippen molar-refractivity contribution in [1.29, 1.82) is 0 Å². The molecule has 2 aromatic rings. The molecule has 84 valence electrons. The van der Waals surface area contributed by atoms with E-state index in [9.17, 15) is 0 Å². The number of hydrogen-bond acceptors (Lipinski definition) is 1. The molecule has 0 spiro atoms. The minimum absolute atomic E-state index is 0.348. The van der Waals surface area contributed by atoms with Gasteiger partial charge in [-0.15, -0.1) is 0 Å². The zero-order valence-corrected chi connectivity index (χ0v) is 10.1. The largest absolute Gasteiger partial charge is 0.330 e. The molecule has 1 aromatic heterocycles. The highest BCUT2D eigenvalue weighted by molar-refractivity contribution is 5.19. The lowest BCUT2D eigenvalue weighted by molar-refractivity contribution is 0.637. The van der Waals surface area contributed by atoms with Crippen molar-refractivity contribution in [3.05, 3.63) is 54.1 Å². The maximum Gasteiger partial charge on any atom is 0.0955 e. The second kappa shape index (κ2) is 4.52. The second-order valence-electron chi connectivity index (χ2n) is 4.49. The Balaban J connectivity index is 2.24. The lowest BCUT2D eigenvalue weighted by Crippen LogP contribution is -2.03. The van der Waals surface area contributed by atoms with Crippen LogP contribution in [0.1, 0.15) is 44.0 Å². The maximum absolute atomic E-state index is 4.43. The van der Waals surface area contributed by atoms with Gasteiger partial charge in [0.1, 0.15) is 0 Å². The average Bonchev–Trinajstić information content (AvgIpc) is 2.78. The molecule has 1 aromatic carbocycles. The molecule has 0 saturated carbocycles. The predicted molar refractivity (Wildman–Crippen MR) is 66.6 cm³/mol. The summed E-state index contributed by atoms with van der Waals surface area (Å²) in [5.74, 6) is 0.490. The lowest BCUT2D eigenvalue weighted by atomic mass is 10.1. The van der Waals surface area contributed by atoms with Crippen LogP contribution in [0.3, 0.4) is 0 Å². The van der Waals surface area contributed by atoms with E-state index in [0.29, 0.717) is 12.0 Å². The number of hydrogen-bond donors (Lipinski definition) is 0. The van der Waals surface area contributed by atoms with E-state index in [2.05, 4.69) is 60.8 Å². The monoisotopic (exact) mass is 214 g/mol. The minimum Gasteiger partial charge on any atom is -0.330 e. The first-order chi connectivity index (χ1) is 7.68. The Morgan fingerprint density at radius 1 is 1.06 bits per heavy atom. The van der Waals surface area contributed by atoms with Crippen molar-refractivity contribution in [2.45, 2.75) is 32.7 Å². The molecule has 0 aliphatic heterocycles. The Bertz CT molecular complexity index is 443. The molecule has 0 bridgehead atoms. The predicted octanol–water partition coefficient (Wildman–Crippen LogP) is 3.62. The highest BCUT2D eigenvalue weighted by atomic mass is 15.1. The Kier molecular flexibility index (Phi) is 3.09. The van der Waals surface area contributed by atoms with Gasteiger partial charge in [-0.1, -0.05) is 44.2 Å². The van der Waals surface area contributed by atoms with Crippen molar-refractivity contribution in [3.63, 3.8) is 0 Å². The van der Waals surface area contributed by atoms with Gasteiger partial charge in [0, 0.05) is 6.20 Å². The first-order valence-corrected chi connectivity index (χ1v) is 5.77. The summed E-state index contributed by atoms with van der Waals surface area (Å²) >= 11 is 0. The number of rotatable bonds is 3. The molecule has 0 saturated heterocycles. The molecule has 0 amide bonds. The molecule has 2 nitrogen and oxygen atoms in total. The van der Waals surface area contributed by atoms with Gasteiger partial charge >= 0.3 is 0 Å². The maximum atomic E-state index is 4.43. The molecular weight excluding hydrogens is 196 g/mol. The summed E-state index contributed by atoms with van der Waals surface area (Å²) in [6, 6.07) is 10.8. The SMILES string of the molecule is CC(C)c1cn(C(C)c2ccccc2)cn1. The van der Waals surface area contributed by atoms with Crippen molar-refractivity contribution in [3.8, 4) is 0 Å². The van der Waals surface area contributed by atoms with Crippen LogP contribution in [-0.4, -0.2) is 9.55 Å². The van der Waals surface area contributed by atoms with E-state index >= 15 is 0 Å². The molecule has 2 rings (SSSR count). The van der Waals surface area contributed by atoms with Crippen LogP contribution in [-0.2, 0) is 0 Å². The quantitative estimate of drug-likeness (QED) is 0.763. The fraction of sp³-hybridized carbons (Fsp3) is 0.357. The van der Waals surface area contributed by atoms with Crippen LogP contribution in [0.5, 0.6) is 0 Å². The summed E-state index contributed by atoms with van der Waals surface area (Å²) < 4.78 is 2.17. The van der Waals surface area contributed by atoms with Crippen molar-refractivity contribution >= 4 is 0 Å². The molecule has 16 heavy (non-hydrogen) atoms. The third-order valence-electron chi connectivity index (χ3n) is 2.94.